The van der Waals surface area contributed by atoms with Crippen LogP contribution in [0.2, 0.25) is 5.02 Å². The van der Waals surface area contributed by atoms with Gasteiger partial charge in [-0.1, -0.05) is 41.9 Å². The van der Waals surface area contributed by atoms with Crippen LogP contribution < -0.4 is 16.2 Å². The second-order valence-corrected chi connectivity index (χ2v) is 9.29. The Morgan fingerprint density at radius 3 is 2.66 bits per heavy atom. The molecule has 0 bridgehead atoms. The monoisotopic (exact) mass is 515 g/mol. The Kier molecular flexibility index (Phi) is 7.07. The van der Waals surface area contributed by atoms with Gasteiger partial charge in [0, 0.05) is 36.6 Å². The van der Waals surface area contributed by atoms with Gasteiger partial charge in [-0.05, 0) is 36.1 Å². The summed E-state index contributed by atoms with van der Waals surface area (Å²) in [5.74, 6) is -0.285. The van der Waals surface area contributed by atoms with Gasteiger partial charge >= 0.3 is 5.97 Å². The quantitative estimate of drug-likeness (QED) is 0.420. The van der Waals surface area contributed by atoms with Crippen molar-refractivity contribution in [3.8, 4) is 0 Å². The predicted molar refractivity (Wildman–Crippen MR) is 141 cm³/mol. The summed E-state index contributed by atoms with van der Waals surface area (Å²) in [5, 5.41) is 10.8. The number of imidazole rings is 1. The van der Waals surface area contributed by atoms with Crippen molar-refractivity contribution < 1.29 is 9.90 Å². The molecule has 4 aromatic rings. The molecule has 0 unspecified atom stereocenters. The van der Waals surface area contributed by atoms with Crippen LogP contribution in [0, 0.1) is 0 Å². The van der Waals surface area contributed by atoms with Crippen LogP contribution >= 0.6 is 24.0 Å². The lowest BCUT2D eigenvalue weighted by Gasteiger charge is -2.32. The van der Waals surface area contributed by atoms with Crippen molar-refractivity contribution in [3.05, 3.63) is 69.0 Å². The molecule has 1 aliphatic heterocycles. The van der Waals surface area contributed by atoms with Crippen LogP contribution in [0.4, 0.5) is 5.95 Å². The van der Waals surface area contributed by atoms with E-state index in [1.807, 2.05) is 34.9 Å². The van der Waals surface area contributed by atoms with Gasteiger partial charge < -0.3 is 24.9 Å². The van der Waals surface area contributed by atoms with E-state index < -0.39 is 5.97 Å². The Balaban J connectivity index is 0.00000289. The molecule has 0 amide bonds. The number of fused-ring (bicyclic) bond motifs is 3. The largest absolute Gasteiger partial charge is 0.481 e. The lowest BCUT2D eigenvalue weighted by Crippen LogP contribution is -2.44. The fraction of sp³-hybridized carbons (Fsp3) is 0.320. The number of benzene rings is 2. The molecule has 5 rings (SSSR count). The van der Waals surface area contributed by atoms with E-state index in [4.69, 9.17) is 22.3 Å². The second-order valence-electron chi connectivity index (χ2n) is 8.88. The number of aliphatic carboxylic acids is 1. The number of nitrogens with two attached hydrogens (primary N) is 1. The SMILES string of the molecule is Cl.Cn1c(=O)c2c(nc(N3CCC[C@@H](N)C3)n2Cc2ccccc2Cl)c2c(CC(=O)O)cccc21. The summed E-state index contributed by atoms with van der Waals surface area (Å²) in [7, 11) is 1.71. The van der Waals surface area contributed by atoms with Crippen molar-refractivity contribution in [1.29, 1.82) is 0 Å². The van der Waals surface area contributed by atoms with E-state index >= 15 is 0 Å². The van der Waals surface area contributed by atoms with Crippen LogP contribution in [0.25, 0.3) is 21.9 Å². The average molecular weight is 516 g/mol. The smallest absolute Gasteiger partial charge is 0.307 e. The summed E-state index contributed by atoms with van der Waals surface area (Å²) in [6.07, 6.45) is 1.71. The van der Waals surface area contributed by atoms with Crippen LogP contribution in [0.15, 0.2) is 47.3 Å². The van der Waals surface area contributed by atoms with Crippen LogP contribution in [0.5, 0.6) is 0 Å². The lowest BCUT2D eigenvalue weighted by molar-refractivity contribution is -0.136. The fourth-order valence-electron chi connectivity index (χ4n) is 4.93. The average Bonchev–Trinajstić information content (AvgIpc) is 3.18. The first kappa shape index (κ1) is 25.0. The van der Waals surface area contributed by atoms with E-state index in [0.29, 0.717) is 51.6 Å². The highest BCUT2D eigenvalue weighted by molar-refractivity contribution is 6.31. The molecule has 0 radical (unpaired) electrons. The van der Waals surface area contributed by atoms with E-state index in [-0.39, 0.29) is 30.4 Å². The topological polar surface area (TPSA) is 106 Å². The number of aromatic nitrogens is 3. The fourth-order valence-corrected chi connectivity index (χ4v) is 5.13. The number of piperidine rings is 1. The lowest BCUT2D eigenvalue weighted by atomic mass is 10.0. The van der Waals surface area contributed by atoms with Gasteiger partial charge in [-0.2, -0.15) is 0 Å². The van der Waals surface area contributed by atoms with E-state index in [0.717, 1.165) is 24.9 Å². The van der Waals surface area contributed by atoms with Crippen LogP contribution in [0.1, 0.15) is 24.0 Å². The normalized spacial score (nSPS) is 16.0. The van der Waals surface area contributed by atoms with E-state index in [1.165, 1.54) is 0 Å². The Morgan fingerprint density at radius 1 is 1.20 bits per heavy atom. The summed E-state index contributed by atoms with van der Waals surface area (Å²) in [4.78, 5) is 32.3. The molecule has 2 aromatic heterocycles. The molecule has 1 aliphatic rings. The molecular weight excluding hydrogens is 489 g/mol. The highest BCUT2D eigenvalue weighted by Gasteiger charge is 2.27. The minimum absolute atomic E-state index is 0. The zero-order chi connectivity index (χ0) is 24.0. The Morgan fingerprint density at radius 2 is 1.94 bits per heavy atom. The zero-order valence-electron chi connectivity index (χ0n) is 19.3. The second kappa shape index (κ2) is 9.89. The molecule has 0 saturated carbocycles. The summed E-state index contributed by atoms with van der Waals surface area (Å²) in [6, 6.07) is 12.9. The molecule has 3 N–H and O–H groups in total. The maximum Gasteiger partial charge on any atom is 0.307 e. The van der Waals surface area contributed by atoms with Gasteiger partial charge in [0.05, 0.1) is 18.5 Å². The number of hydrogen-bond donors (Lipinski definition) is 2. The molecule has 3 heterocycles. The zero-order valence-corrected chi connectivity index (χ0v) is 20.8. The van der Waals surface area contributed by atoms with Crippen molar-refractivity contribution in [3.63, 3.8) is 0 Å². The Labute approximate surface area is 213 Å². The molecule has 1 saturated heterocycles. The van der Waals surface area contributed by atoms with Gasteiger partial charge in [0.15, 0.2) is 0 Å². The molecule has 0 aliphatic carbocycles. The maximum absolute atomic E-state index is 13.6. The van der Waals surface area contributed by atoms with Gasteiger partial charge in [-0.25, -0.2) is 4.98 Å². The van der Waals surface area contributed by atoms with Crippen molar-refractivity contribution in [1.82, 2.24) is 14.1 Å². The minimum atomic E-state index is -0.938. The highest BCUT2D eigenvalue weighted by Crippen LogP contribution is 2.32. The van der Waals surface area contributed by atoms with Gasteiger partial charge in [0.25, 0.3) is 5.56 Å². The molecular formula is C25H27Cl2N5O3. The Bertz CT molecular complexity index is 1480. The molecule has 35 heavy (non-hydrogen) atoms. The number of anilines is 1. The van der Waals surface area contributed by atoms with E-state index in [9.17, 15) is 14.7 Å². The molecule has 2 aromatic carbocycles. The number of hydrogen-bond acceptors (Lipinski definition) is 5. The number of nitrogens with zero attached hydrogens (tertiary/aromatic N) is 4. The van der Waals surface area contributed by atoms with Crippen LogP contribution in [-0.4, -0.2) is 44.3 Å². The maximum atomic E-state index is 13.6. The van der Waals surface area contributed by atoms with Crippen molar-refractivity contribution >= 4 is 57.9 Å². The predicted octanol–water partition coefficient (Wildman–Crippen LogP) is 3.57. The number of rotatable bonds is 5. The highest BCUT2D eigenvalue weighted by atomic mass is 35.5. The first-order chi connectivity index (χ1) is 16.3. The van der Waals surface area contributed by atoms with Crippen molar-refractivity contribution in [2.24, 2.45) is 12.8 Å². The number of carbonyl (C=O) groups is 1. The molecule has 0 spiro atoms. The van der Waals surface area contributed by atoms with Crippen LogP contribution in [0.3, 0.4) is 0 Å². The minimum Gasteiger partial charge on any atom is -0.481 e. The van der Waals surface area contributed by atoms with Gasteiger partial charge in [-0.3, -0.25) is 9.59 Å². The molecule has 8 nitrogen and oxygen atoms in total. The molecule has 1 fully saturated rings. The number of pyridine rings is 1. The standard InChI is InChI=1S/C25H26ClN5O3.ClH/c1-29-19-10-4-7-15(12-20(32)33)21(19)22-23(24(29)34)31(13-16-6-2-3-9-18(16)26)25(28-22)30-11-5-8-17(27)14-30;/h2-4,6-7,9-10,17H,5,8,11-14,27H2,1H3,(H,32,33);1H/t17-;/m1./s1. The first-order valence-corrected chi connectivity index (χ1v) is 11.7. The van der Waals surface area contributed by atoms with Gasteiger partial charge in [-0.15, -0.1) is 12.4 Å². The number of carboxylic acids is 1. The summed E-state index contributed by atoms with van der Waals surface area (Å²) < 4.78 is 3.48. The van der Waals surface area contributed by atoms with E-state index in [2.05, 4.69) is 4.90 Å². The van der Waals surface area contributed by atoms with Gasteiger partial charge in [0.1, 0.15) is 11.0 Å². The van der Waals surface area contributed by atoms with Crippen molar-refractivity contribution in [2.75, 3.05) is 18.0 Å². The van der Waals surface area contributed by atoms with E-state index in [1.54, 1.807) is 23.7 Å². The van der Waals surface area contributed by atoms with Gasteiger partial charge in [0.2, 0.25) is 5.95 Å². The summed E-state index contributed by atoms with van der Waals surface area (Å²) >= 11 is 6.49. The third-order valence-electron chi connectivity index (χ3n) is 6.55. The first-order valence-electron chi connectivity index (χ1n) is 11.3. The molecule has 184 valence electrons. The number of carboxylic acid groups (broad SMARTS) is 1. The number of aryl methyl sites for hydroxylation is 1. The third kappa shape index (κ3) is 4.49. The number of halogens is 2. The Hall–Kier alpha value is -3.07. The molecule has 1 atom stereocenters. The summed E-state index contributed by atoms with van der Waals surface area (Å²) in [6.45, 7) is 1.77. The molecule has 10 heteroatoms. The van der Waals surface area contributed by atoms with Crippen LogP contribution in [-0.2, 0) is 24.8 Å². The third-order valence-corrected chi connectivity index (χ3v) is 6.92. The summed E-state index contributed by atoms with van der Waals surface area (Å²) in [5.41, 5.74) is 9.17. The van der Waals surface area contributed by atoms with Crippen molar-refractivity contribution in [2.45, 2.75) is 31.8 Å².